The molecule has 3 N–H and O–H groups in total. The zero-order valence-electron chi connectivity index (χ0n) is 6.92. The van der Waals surface area contributed by atoms with Crippen LogP contribution >= 0.6 is 0 Å². The van der Waals surface area contributed by atoms with Gasteiger partial charge in [-0.1, -0.05) is 6.58 Å². The molecular weight excluding hydrogens is 160 g/mol. The van der Waals surface area contributed by atoms with Crippen molar-refractivity contribution in [2.24, 2.45) is 5.73 Å². The standard InChI is InChI=1S/C7H12N2O3.2H2/c1-5(2)6(10)12-4-3-9-7(8)11;;/h1,3-4H2,2H3,(H3,8,9,11);2*1H. The van der Waals surface area contributed by atoms with Crippen molar-refractivity contribution < 1.29 is 17.2 Å². The highest BCUT2D eigenvalue weighted by atomic mass is 16.5. The van der Waals surface area contributed by atoms with E-state index in [0.29, 0.717) is 5.57 Å². The number of amides is 2. The van der Waals surface area contributed by atoms with E-state index < -0.39 is 12.0 Å². The zero-order chi connectivity index (χ0) is 9.56. The molecular formula is C7H16N2O3. The van der Waals surface area contributed by atoms with E-state index in [0.717, 1.165) is 0 Å². The Labute approximate surface area is 73.5 Å². The normalized spacial score (nSPS) is 8.75. The Kier molecular flexibility index (Phi) is 4.52. The smallest absolute Gasteiger partial charge is 0.333 e. The van der Waals surface area contributed by atoms with Crippen LogP contribution in [0.5, 0.6) is 0 Å². The van der Waals surface area contributed by atoms with Crippen LogP contribution in [0.3, 0.4) is 0 Å². The lowest BCUT2D eigenvalue weighted by Crippen LogP contribution is -2.32. The van der Waals surface area contributed by atoms with Gasteiger partial charge in [0.2, 0.25) is 0 Å². The van der Waals surface area contributed by atoms with Crippen LogP contribution in [0.15, 0.2) is 12.2 Å². The Hall–Kier alpha value is -1.52. The summed E-state index contributed by atoms with van der Waals surface area (Å²) >= 11 is 0. The number of rotatable bonds is 4. The number of hydrogen-bond acceptors (Lipinski definition) is 3. The minimum atomic E-state index is -0.638. The fourth-order valence-electron chi connectivity index (χ4n) is 0.441. The third kappa shape index (κ3) is 5.28. The first kappa shape index (κ1) is 10.5. The summed E-state index contributed by atoms with van der Waals surface area (Å²) in [4.78, 5) is 20.9. The van der Waals surface area contributed by atoms with E-state index in [-0.39, 0.29) is 16.0 Å². The van der Waals surface area contributed by atoms with Crippen LogP contribution < -0.4 is 11.1 Å². The maximum Gasteiger partial charge on any atom is 0.333 e. The van der Waals surface area contributed by atoms with Gasteiger partial charge in [0.05, 0.1) is 6.54 Å². The quantitative estimate of drug-likeness (QED) is 0.366. The molecule has 0 saturated heterocycles. The predicted molar refractivity (Wildman–Crippen MR) is 47.6 cm³/mol. The Bertz CT molecular complexity index is 209. The lowest BCUT2D eigenvalue weighted by atomic mass is 10.4. The molecule has 0 unspecified atom stereocenters. The first-order chi connectivity index (χ1) is 5.54. The number of hydrogen-bond donors (Lipinski definition) is 2. The van der Waals surface area contributed by atoms with Crippen LogP contribution in [0.2, 0.25) is 0 Å². The number of carbonyl (C=O) groups excluding carboxylic acids is 2. The first-order valence-corrected chi connectivity index (χ1v) is 3.40. The number of urea groups is 1. The number of primary amides is 1. The van der Waals surface area contributed by atoms with E-state index in [1.54, 1.807) is 6.92 Å². The van der Waals surface area contributed by atoms with E-state index in [2.05, 4.69) is 16.6 Å². The fourth-order valence-corrected chi connectivity index (χ4v) is 0.441. The second kappa shape index (κ2) is 5.17. The third-order valence-corrected chi connectivity index (χ3v) is 0.983. The van der Waals surface area contributed by atoms with Crippen molar-refractivity contribution >= 4 is 12.0 Å². The van der Waals surface area contributed by atoms with Gasteiger partial charge in [-0.25, -0.2) is 9.59 Å². The van der Waals surface area contributed by atoms with Gasteiger partial charge in [-0.3, -0.25) is 0 Å². The molecule has 12 heavy (non-hydrogen) atoms. The van der Waals surface area contributed by atoms with Gasteiger partial charge in [0, 0.05) is 8.43 Å². The van der Waals surface area contributed by atoms with Gasteiger partial charge in [-0.05, 0) is 6.92 Å². The lowest BCUT2D eigenvalue weighted by molar-refractivity contribution is -0.138. The largest absolute Gasteiger partial charge is 0.460 e. The molecule has 0 aromatic carbocycles. The van der Waals surface area contributed by atoms with Crippen molar-refractivity contribution in [3.8, 4) is 0 Å². The molecule has 0 aliphatic heterocycles. The van der Waals surface area contributed by atoms with E-state index in [9.17, 15) is 9.59 Å². The zero-order valence-corrected chi connectivity index (χ0v) is 6.92. The van der Waals surface area contributed by atoms with Crippen LogP contribution in [0.1, 0.15) is 9.78 Å². The molecule has 0 aliphatic carbocycles. The van der Waals surface area contributed by atoms with Gasteiger partial charge in [-0.2, -0.15) is 0 Å². The molecule has 0 saturated carbocycles. The van der Waals surface area contributed by atoms with Crippen molar-refractivity contribution in [3.63, 3.8) is 0 Å². The second-order valence-corrected chi connectivity index (χ2v) is 2.21. The molecule has 2 amide bonds. The summed E-state index contributed by atoms with van der Waals surface area (Å²) in [5.41, 5.74) is 5.09. The highest BCUT2D eigenvalue weighted by Gasteiger charge is 2.01. The summed E-state index contributed by atoms with van der Waals surface area (Å²) in [6, 6.07) is -0.638. The number of nitrogens with two attached hydrogens (primary N) is 1. The fraction of sp³-hybridized carbons (Fsp3) is 0.429. The summed E-state index contributed by atoms with van der Waals surface area (Å²) in [6.07, 6.45) is 0. The predicted octanol–water partition coefficient (Wildman–Crippen LogP) is 0.266. The maximum atomic E-state index is 10.7. The van der Waals surface area contributed by atoms with E-state index in [1.165, 1.54) is 0 Å². The van der Waals surface area contributed by atoms with Crippen molar-refractivity contribution in [1.29, 1.82) is 0 Å². The van der Waals surface area contributed by atoms with Crippen LogP contribution in [0, 0.1) is 0 Å². The average molecular weight is 176 g/mol. The minimum absolute atomic E-state index is 0. The molecule has 0 atom stereocenters. The summed E-state index contributed by atoms with van der Waals surface area (Å²) in [5, 5.41) is 2.27. The molecule has 0 rings (SSSR count). The summed E-state index contributed by atoms with van der Waals surface area (Å²) in [6.45, 7) is 5.25. The van der Waals surface area contributed by atoms with Gasteiger partial charge in [0.1, 0.15) is 6.61 Å². The van der Waals surface area contributed by atoms with Crippen molar-refractivity contribution in [2.45, 2.75) is 6.92 Å². The molecule has 72 valence electrons. The number of carbonyl (C=O) groups is 2. The molecule has 0 aromatic rings. The van der Waals surface area contributed by atoms with Crippen molar-refractivity contribution in [3.05, 3.63) is 12.2 Å². The Morgan fingerprint density at radius 2 is 2.25 bits per heavy atom. The number of ether oxygens (including phenoxy) is 1. The third-order valence-electron chi connectivity index (χ3n) is 0.983. The highest BCUT2D eigenvalue weighted by molar-refractivity contribution is 5.86. The van der Waals surface area contributed by atoms with E-state index in [1.807, 2.05) is 0 Å². The van der Waals surface area contributed by atoms with Crippen LogP contribution in [-0.2, 0) is 9.53 Å². The Morgan fingerprint density at radius 3 is 2.67 bits per heavy atom. The van der Waals surface area contributed by atoms with Gasteiger partial charge in [0.25, 0.3) is 0 Å². The summed E-state index contributed by atoms with van der Waals surface area (Å²) in [7, 11) is 0. The molecule has 5 heteroatoms. The van der Waals surface area contributed by atoms with Crippen LogP contribution in [-0.4, -0.2) is 25.2 Å². The second-order valence-electron chi connectivity index (χ2n) is 2.21. The Morgan fingerprint density at radius 1 is 1.67 bits per heavy atom. The minimum Gasteiger partial charge on any atom is -0.460 e. The lowest BCUT2D eigenvalue weighted by Gasteiger charge is -2.03. The van der Waals surface area contributed by atoms with Gasteiger partial charge >= 0.3 is 12.0 Å². The SMILES string of the molecule is C=C(C)C(=O)OCCNC(N)=O.[HH].[HH]. The highest BCUT2D eigenvalue weighted by Crippen LogP contribution is 1.90. The molecule has 0 heterocycles. The average Bonchev–Trinajstić information content (AvgIpc) is 1.97. The molecule has 0 bridgehead atoms. The topological polar surface area (TPSA) is 81.4 Å². The van der Waals surface area contributed by atoms with Crippen LogP contribution in [0.25, 0.3) is 0 Å². The van der Waals surface area contributed by atoms with E-state index >= 15 is 0 Å². The molecule has 0 aliphatic rings. The molecule has 0 spiro atoms. The van der Waals surface area contributed by atoms with Gasteiger partial charge < -0.3 is 15.8 Å². The van der Waals surface area contributed by atoms with Crippen molar-refractivity contribution in [2.75, 3.05) is 13.2 Å². The summed E-state index contributed by atoms with van der Waals surface area (Å²) in [5.74, 6) is -0.471. The first-order valence-electron chi connectivity index (χ1n) is 3.40. The van der Waals surface area contributed by atoms with Gasteiger partial charge in [-0.15, -0.1) is 0 Å². The molecule has 0 aromatic heterocycles. The summed E-state index contributed by atoms with van der Waals surface area (Å²) < 4.78 is 4.65. The number of esters is 1. The van der Waals surface area contributed by atoms with Crippen molar-refractivity contribution in [1.82, 2.24) is 5.32 Å². The monoisotopic (exact) mass is 176 g/mol. The Balaban J connectivity index is -0.000000605. The number of nitrogens with one attached hydrogen (secondary N) is 1. The van der Waals surface area contributed by atoms with Crippen LogP contribution in [0.4, 0.5) is 4.79 Å². The maximum absolute atomic E-state index is 10.7. The molecule has 5 nitrogen and oxygen atoms in total. The molecule has 0 fully saturated rings. The van der Waals surface area contributed by atoms with E-state index in [4.69, 9.17) is 5.73 Å². The van der Waals surface area contributed by atoms with Gasteiger partial charge in [0.15, 0.2) is 0 Å². The molecule has 0 radical (unpaired) electrons.